The Morgan fingerprint density at radius 1 is 0.547 bits per heavy atom. The number of nitrogens with one attached hydrogen (secondary N) is 2. The Labute approximate surface area is 507 Å². The van der Waals surface area contributed by atoms with Gasteiger partial charge in [-0.05, 0) is 144 Å². The van der Waals surface area contributed by atoms with Crippen molar-refractivity contribution in [3.63, 3.8) is 0 Å². The lowest BCUT2D eigenvalue weighted by Crippen LogP contribution is -2.21. The fourth-order valence-electron chi connectivity index (χ4n) is 8.66. The number of thiazole rings is 2. The number of benzene rings is 6. The fraction of sp³-hybridized carbons (Fsp3) is 0.226. The van der Waals surface area contributed by atoms with Gasteiger partial charge in [-0.2, -0.15) is 40.2 Å². The Hall–Kier alpha value is -7.83. The van der Waals surface area contributed by atoms with Crippen molar-refractivity contribution in [1.29, 1.82) is 0 Å². The molecule has 0 amide bonds. The molecule has 9 aromatic rings. The monoisotopic (exact) mass is 1300 g/mol. The van der Waals surface area contributed by atoms with Gasteiger partial charge in [-0.15, -0.1) is 55.8 Å². The average molecular weight is 1300 g/mol. The number of aliphatic hydroxyl groups is 1. The van der Waals surface area contributed by atoms with Crippen LogP contribution in [-0.2, 0) is 41.0 Å². The lowest BCUT2D eigenvalue weighted by Gasteiger charge is -2.22. The van der Waals surface area contributed by atoms with E-state index in [-0.39, 0.29) is 83.4 Å². The summed E-state index contributed by atoms with van der Waals surface area (Å²) in [4.78, 5) is 25.9. The Morgan fingerprint density at radius 2 is 1.00 bits per heavy atom. The van der Waals surface area contributed by atoms with Crippen LogP contribution < -0.4 is 20.4 Å². The zero-order valence-corrected chi connectivity index (χ0v) is 52.0. The highest BCUT2D eigenvalue weighted by atomic mass is 32.2. The van der Waals surface area contributed by atoms with E-state index in [1.807, 2.05) is 58.9 Å². The molecule has 0 saturated heterocycles. The number of nitrogens with zero attached hydrogens (tertiary/aromatic N) is 11. The van der Waals surface area contributed by atoms with E-state index in [4.69, 9.17) is 17.6 Å². The molecule has 9 rings (SSSR count). The van der Waals surface area contributed by atoms with E-state index in [1.54, 1.807) is 42.5 Å². The van der Waals surface area contributed by atoms with Gasteiger partial charge in [-0.3, -0.25) is 13.7 Å². The second-order valence-corrected chi connectivity index (χ2v) is 25.9. The molecule has 450 valence electrons. The number of anilines is 6. The maximum Gasteiger partial charge on any atom is 0.425 e. The lowest BCUT2D eigenvalue weighted by molar-refractivity contribution is 0.322. The van der Waals surface area contributed by atoms with E-state index in [0.29, 0.717) is 48.1 Å². The predicted molar refractivity (Wildman–Crippen MR) is 331 cm³/mol. The average Bonchev–Trinajstić information content (AvgIpc) is 1.81. The van der Waals surface area contributed by atoms with E-state index in [2.05, 4.69) is 60.8 Å². The van der Waals surface area contributed by atoms with Crippen molar-refractivity contribution in [3.05, 3.63) is 114 Å². The van der Waals surface area contributed by atoms with Gasteiger partial charge in [-0.25, -0.2) is 9.97 Å². The van der Waals surface area contributed by atoms with Crippen molar-refractivity contribution >= 4 is 153 Å². The molecular weight excluding hydrogens is 1250 g/mol. The number of hydrogen-bond acceptors (Lipinski definition) is 26. The predicted octanol–water partition coefficient (Wildman–Crippen LogP) is 11.9. The Bertz CT molecular complexity index is 4580. The molecule has 0 aliphatic rings. The summed E-state index contributed by atoms with van der Waals surface area (Å²) in [5.74, 6) is 0.226. The van der Waals surface area contributed by atoms with Crippen LogP contribution in [0.15, 0.2) is 143 Å². The van der Waals surface area contributed by atoms with Crippen LogP contribution in [0, 0.1) is 13.8 Å². The van der Waals surface area contributed by atoms with Crippen LogP contribution in [0.25, 0.3) is 41.6 Å². The normalized spacial score (nSPS) is 12.0. The maximum atomic E-state index is 13.0. The smallest absolute Gasteiger partial charge is 0.396 e. The summed E-state index contributed by atoms with van der Waals surface area (Å²) in [5.41, 5.74) is 5.22. The number of fused-ring (bicyclic) bond motifs is 2. The van der Waals surface area contributed by atoms with Gasteiger partial charge in [0.05, 0.1) is 38.4 Å². The number of rotatable bonds is 22. The molecule has 6 N–H and O–H groups in total. The zero-order chi connectivity index (χ0) is 62.3. The Morgan fingerprint density at radius 3 is 1.47 bits per heavy atom. The van der Waals surface area contributed by atoms with Crippen molar-refractivity contribution in [2.75, 3.05) is 59.0 Å². The quantitative estimate of drug-likeness (QED) is 0.0208. The van der Waals surface area contributed by atoms with E-state index in [0.717, 1.165) is 56.3 Å². The van der Waals surface area contributed by atoms with E-state index in [9.17, 15) is 44.0 Å². The van der Waals surface area contributed by atoms with E-state index < -0.39 is 50.8 Å². The molecule has 0 aliphatic heterocycles. The third-order valence-corrected chi connectivity index (χ3v) is 18.6. The van der Waals surface area contributed by atoms with Gasteiger partial charge in [-0.1, -0.05) is 23.9 Å². The lowest BCUT2D eigenvalue weighted by atomic mass is 10.2. The number of aromatic nitrogens is 5. The summed E-state index contributed by atoms with van der Waals surface area (Å²) >= 11 is 3.43. The summed E-state index contributed by atoms with van der Waals surface area (Å²) in [6.45, 7) is 13.8. The number of hydrogen-bond donors (Lipinski definition) is 6. The molecule has 0 fully saturated rings. The van der Waals surface area contributed by atoms with Crippen LogP contribution in [0.3, 0.4) is 0 Å². The van der Waals surface area contributed by atoms with Crippen molar-refractivity contribution in [2.45, 2.75) is 61.4 Å². The molecule has 0 aliphatic carbocycles. The molecule has 3 heterocycles. The van der Waals surface area contributed by atoms with Gasteiger partial charge in [0.15, 0.2) is 5.16 Å². The van der Waals surface area contributed by atoms with Gasteiger partial charge in [0.25, 0.3) is 30.4 Å². The minimum atomic E-state index is -4.96. The highest BCUT2D eigenvalue weighted by Gasteiger charge is 2.25. The first-order chi connectivity index (χ1) is 40.8. The fourth-order valence-corrected chi connectivity index (χ4v) is 13.9. The molecule has 3 aromatic heterocycles. The van der Waals surface area contributed by atoms with Crippen LogP contribution >= 0.6 is 34.4 Å². The molecule has 0 saturated carbocycles. The molecule has 0 bridgehead atoms. The Balaban J connectivity index is 0.00000233. The van der Waals surface area contributed by atoms with Crippen molar-refractivity contribution in [2.24, 2.45) is 20.5 Å². The summed E-state index contributed by atoms with van der Waals surface area (Å²) < 4.78 is 134. The molecule has 6 aromatic carbocycles. The maximum absolute atomic E-state index is 13.0. The van der Waals surface area contributed by atoms with Crippen LogP contribution in [0.1, 0.15) is 38.8 Å². The Kier molecular flexibility index (Phi) is 20.3. The van der Waals surface area contributed by atoms with Gasteiger partial charge in [0.1, 0.15) is 47.5 Å². The molecule has 0 spiro atoms. The summed E-state index contributed by atoms with van der Waals surface area (Å²) in [6.07, 6.45) is 0. The number of thioether (sulfide) groups is 1. The highest BCUT2D eigenvalue weighted by molar-refractivity contribution is 7.99. The molecule has 86 heavy (non-hydrogen) atoms. The largest absolute Gasteiger partial charge is 0.425 e. The molecule has 0 unspecified atom stereocenters. The highest BCUT2D eigenvalue weighted by Crippen LogP contribution is 2.42. The molecular formula is C53H53N13O13S7. The third kappa shape index (κ3) is 15.6. The van der Waals surface area contributed by atoms with E-state index >= 15 is 0 Å². The van der Waals surface area contributed by atoms with Crippen LogP contribution in [0.4, 0.5) is 57.4 Å². The van der Waals surface area contributed by atoms with Crippen LogP contribution in [0.5, 0.6) is 0 Å². The SMILES string of the molecule is CCN(CC)c1ccc(N=Nc2ccc(-c3nc4ccc(C)cc4s3)cc2S(=O)(=O)O)c(Nc2nc(Nc3cc(N(CC)CC)ccc3N=Nc3ccc(-c4nc5ccc(C)c(S(=O)(=O)O)c5s4)cc3S(=O)(=O)O)nc(SCCO)n2)c1.O=S(=O)=O. The number of aliphatic hydroxyl groups excluding tert-OH is 1. The van der Waals surface area contributed by atoms with E-state index in [1.165, 1.54) is 48.6 Å². The first-order valence-electron chi connectivity index (χ1n) is 25.7. The summed E-state index contributed by atoms with van der Waals surface area (Å²) in [6, 6.07) is 27.8. The molecule has 0 radical (unpaired) electrons. The molecule has 33 heteroatoms. The second-order valence-electron chi connectivity index (χ2n) is 18.3. The van der Waals surface area contributed by atoms with Gasteiger partial charge < -0.3 is 25.5 Å². The van der Waals surface area contributed by atoms with Gasteiger partial charge >= 0.3 is 10.6 Å². The van der Waals surface area contributed by atoms with Crippen LogP contribution in [0.2, 0.25) is 0 Å². The van der Waals surface area contributed by atoms with Gasteiger partial charge in [0, 0.05) is 54.4 Å². The number of azo groups is 2. The summed E-state index contributed by atoms with van der Waals surface area (Å²) in [7, 11) is -17.5. The summed E-state index contributed by atoms with van der Waals surface area (Å²) in [5, 5.41) is 34.8. The third-order valence-electron chi connectivity index (χ3n) is 12.7. The van der Waals surface area contributed by atoms with Crippen molar-refractivity contribution in [3.8, 4) is 21.1 Å². The molecule has 26 nitrogen and oxygen atoms in total. The minimum absolute atomic E-state index is 0.00136. The molecule has 0 atom stereocenters. The standard InChI is InChI=1S/C53H53N13O10S6.O3S/c1-7-65(8-2)34-15-21-36(61-63-39-19-13-32(26-45(39)80(68,69)70)49-54-38-17-11-30(5)25-44(38)78-49)42(28-34)56-51-58-52(60-53(59-51)77-24-23-67)57-43-29-35(66(9-3)10-4)16-22-37(43)62-64-40-20-14-33(27-46(40)81(71,72)73)50-55-41-18-12-31(6)48(47(41)79-50)82(74,75)76;1-4(2)3/h11-22,25-29,67H,7-10,23-24H2,1-6H3,(H,68,69,70)(H,71,72,73)(H,74,75,76)(H2,56,57,58,59,60);. The van der Waals surface area contributed by atoms with Crippen LogP contribution in [-0.4, -0.2) is 120 Å². The van der Waals surface area contributed by atoms with Gasteiger partial charge in [0.2, 0.25) is 11.9 Å². The first-order valence-corrected chi connectivity index (χ1v) is 33.6. The number of aryl methyl sites for hydroxylation is 2. The van der Waals surface area contributed by atoms with Crippen molar-refractivity contribution in [1.82, 2.24) is 24.9 Å². The topological polar surface area (TPSA) is 379 Å². The first kappa shape index (κ1) is 64.2. The zero-order valence-electron chi connectivity index (χ0n) is 46.3. The minimum Gasteiger partial charge on any atom is -0.396 e. The second kappa shape index (κ2) is 27.3. The van der Waals surface area contributed by atoms with Crippen molar-refractivity contribution < 1.29 is 56.6 Å².